The minimum atomic E-state index is -0.0880. The van der Waals surface area contributed by atoms with E-state index in [0.717, 1.165) is 19.1 Å². The van der Waals surface area contributed by atoms with Gasteiger partial charge in [0.2, 0.25) is 0 Å². The number of hydrogen-bond acceptors (Lipinski definition) is 4. The van der Waals surface area contributed by atoms with Crippen molar-refractivity contribution >= 4 is 0 Å². The van der Waals surface area contributed by atoms with Crippen LogP contribution in [0, 0.1) is 5.92 Å². The van der Waals surface area contributed by atoms with E-state index in [2.05, 4.69) is 18.7 Å². The van der Waals surface area contributed by atoms with Gasteiger partial charge in [0.05, 0.1) is 18.8 Å². The SMILES string of the molecule is COCCN(C(C)C1CC1)C(C)(CN)COC. The molecule has 0 spiro atoms. The van der Waals surface area contributed by atoms with Crippen molar-refractivity contribution in [3.8, 4) is 0 Å². The van der Waals surface area contributed by atoms with Gasteiger partial charge in [-0.25, -0.2) is 0 Å². The van der Waals surface area contributed by atoms with E-state index in [1.165, 1.54) is 12.8 Å². The monoisotopic (exact) mass is 244 g/mol. The number of methoxy groups -OCH3 is 2. The third kappa shape index (κ3) is 3.91. The topological polar surface area (TPSA) is 47.7 Å². The van der Waals surface area contributed by atoms with E-state index in [4.69, 9.17) is 15.2 Å². The maximum absolute atomic E-state index is 5.96. The van der Waals surface area contributed by atoms with Gasteiger partial charge in [-0.1, -0.05) is 0 Å². The van der Waals surface area contributed by atoms with Crippen LogP contribution < -0.4 is 5.73 Å². The first kappa shape index (κ1) is 14.9. The highest BCUT2D eigenvalue weighted by molar-refractivity contribution is 4.95. The molecule has 0 aromatic heterocycles. The van der Waals surface area contributed by atoms with Gasteiger partial charge in [-0.2, -0.15) is 0 Å². The Kier molecular flexibility index (Phi) is 5.86. The van der Waals surface area contributed by atoms with E-state index >= 15 is 0 Å². The van der Waals surface area contributed by atoms with Crippen molar-refractivity contribution in [1.29, 1.82) is 0 Å². The molecule has 0 heterocycles. The van der Waals surface area contributed by atoms with Crippen LogP contribution in [0.15, 0.2) is 0 Å². The van der Waals surface area contributed by atoms with Gasteiger partial charge in [0.15, 0.2) is 0 Å². The van der Waals surface area contributed by atoms with Gasteiger partial charge in [-0.05, 0) is 32.6 Å². The number of rotatable bonds is 9. The molecule has 17 heavy (non-hydrogen) atoms. The smallest absolute Gasteiger partial charge is 0.0656 e. The standard InChI is InChI=1S/C13H28N2O2/c1-11(12-5-6-12)15(7-8-16-3)13(2,9-14)10-17-4/h11-12H,5-10,14H2,1-4H3. The highest BCUT2D eigenvalue weighted by Gasteiger charge is 2.40. The molecular weight excluding hydrogens is 216 g/mol. The summed E-state index contributed by atoms with van der Waals surface area (Å²) < 4.78 is 10.6. The first-order valence-corrected chi connectivity index (χ1v) is 6.53. The van der Waals surface area contributed by atoms with Gasteiger partial charge < -0.3 is 15.2 Å². The summed E-state index contributed by atoms with van der Waals surface area (Å²) in [4.78, 5) is 2.47. The Balaban J connectivity index is 2.70. The minimum Gasteiger partial charge on any atom is -0.383 e. The molecule has 0 aromatic rings. The van der Waals surface area contributed by atoms with Crippen LogP contribution in [0.5, 0.6) is 0 Å². The highest BCUT2D eigenvalue weighted by Crippen LogP contribution is 2.37. The van der Waals surface area contributed by atoms with Gasteiger partial charge in [0.25, 0.3) is 0 Å². The van der Waals surface area contributed by atoms with E-state index in [9.17, 15) is 0 Å². The number of nitrogens with zero attached hydrogens (tertiary/aromatic N) is 1. The summed E-state index contributed by atoms with van der Waals surface area (Å²) in [7, 11) is 3.49. The normalized spacial score (nSPS) is 21.5. The van der Waals surface area contributed by atoms with Gasteiger partial charge in [0.1, 0.15) is 0 Å². The molecule has 4 heteroatoms. The van der Waals surface area contributed by atoms with Crippen molar-refractivity contribution in [2.24, 2.45) is 11.7 Å². The molecule has 0 radical (unpaired) electrons. The molecule has 0 saturated heterocycles. The Labute approximate surface area is 105 Å². The molecule has 1 aliphatic rings. The van der Waals surface area contributed by atoms with Crippen molar-refractivity contribution in [2.75, 3.05) is 40.5 Å². The molecule has 0 aromatic carbocycles. The molecule has 1 saturated carbocycles. The fourth-order valence-electron chi connectivity index (χ4n) is 2.56. The fourth-order valence-corrected chi connectivity index (χ4v) is 2.56. The third-order valence-corrected chi connectivity index (χ3v) is 3.92. The Morgan fingerprint density at radius 2 is 2.00 bits per heavy atom. The fraction of sp³-hybridized carbons (Fsp3) is 1.00. The first-order chi connectivity index (χ1) is 8.09. The van der Waals surface area contributed by atoms with Gasteiger partial charge >= 0.3 is 0 Å². The van der Waals surface area contributed by atoms with E-state index in [0.29, 0.717) is 19.2 Å². The summed E-state index contributed by atoms with van der Waals surface area (Å²) >= 11 is 0. The molecule has 2 atom stereocenters. The summed E-state index contributed by atoms with van der Waals surface area (Å²) in [6.07, 6.45) is 2.69. The lowest BCUT2D eigenvalue weighted by Gasteiger charge is -2.44. The molecule has 0 aliphatic heterocycles. The molecule has 2 N–H and O–H groups in total. The van der Waals surface area contributed by atoms with Crippen LogP contribution in [0.3, 0.4) is 0 Å². The summed E-state index contributed by atoms with van der Waals surface area (Å²) in [5, 5.41) is 0. The molecule has 1 rings (SSSR count). The maximum atomic E-state index is 5.96. The van der Waals surface area contributed by atoms with Crippen molar-refractivity contribution in [3.63, 3.8) is 0 Å². The number of hydrogen-bond donors (Lipinski definition) is 1. The summed E-state index contributed by atoms with van der Waals surface area (Å²) in [5.74, 6) is 0.828. The van der Waals surface area contributed by atoms with E-state index in [1.54, 1.807) is 14.2 Å². The quantitative estimate of drug-likeness (QED) is 0.660. The molecule has 0 bridgehead atoms. The zero-order valence-electron chi connectivity index (χ0n) is 11.7. The average Bonchev–Trinajstić information content (AvgIpc) is 3.13. The Morgan fingerprint density at radius 3 is 2.41 bits per heavy atom. The van der Waals surface area contributed by atoms with Gasteiger partial charge in [-0.15, -0.1) is 0 Å². The predicted octanol–water partition coefficient (Wildman–Crippen LogP) is 1.10. The van der Waals surface area contributed by atoms with Crippen molar-refractivity contribution in [1.82, 2.24) is 4.90 Å². The van der Waals surface area contributed by atoms with Crippen LogP contribution in [-0.4, -0.2) is 57.0 Å². The zero-order valence-corrected chi connectivity index (χ0v) is 11.7. The van der Waals surface area contributed by atoms with Crippen LogP contribution in [0.25, 0.3) is 0 Å². The minimum absolute atomic E-state index is 0.0880. The van der Waals surface area contributed by atoms with Crippen molar-refractivity contribution in [3.05, 3.63) is 0 Å². The van der Waals surface area contributed by atoms with Crippen molar-refractivity contribution in [2.45, 2.75) is 38.3 Å². The highest BCUT2D eigenvalue weighted by atomic mass is 16.5. The Hall–Kier alpha value is -0.160. The Bertz CT molecular complexity index is 221. The molecule has 0 amide bonds. The van der Waals surface area contributed by atoms with Crippen LogP contribution in [-0.2, 0) is 9.47 Å². The second-order valence-corrected chi connectivity index (χ2v) is 5.40. The third-order valence-electron chi connectivity index (χ3n) is 3.92. The van der Waals surface area contributed by atoms with Crippen LogP contribution in [0.2, 0.25) is 0 Å². The molecular formula is C13H28N2O2. The van der Waals surface area contributed by atoms with E-state index in [-0.39, 0.29) is 5.54 Å². The van der Waals surface area contributed by atoms with E-state index < -0.39 is 0 Å². The van der Waals surface area contributed by atoms with Crippen LogP contribution >= 0.6 is 0 Å². The van der Waals surface area contributed by atoms with E-state index in [1.807, 2.05) is 0 Å². The lowest BCUT2D eigenvalue weighted by molar-refractivity contribution is -0.0154. The van der Waals surface area contributed by atoms with Crippen molar-refractivity contribution < 1.29 is 9.47 Å². The molecule has 4 nitrogen and oxygen atoms in total. The lowest BCUT2D eigenvalue weighted by atomic mass is 9.97. The van der Waals surface area contributed by atoms with Gasteiger partial charge in [0, 0.05) is 33.4 Å². The average molecular weight is 244 g/mol. The second kappa shape index (κ2) is 6.69. The molecule has 1 fully saturated rings. The summed E-state index contributed by atoms with van der Waals surface area (Å²) in [6, 6.07) is 0.564. The summed E-state index contributed by atoms with van der Waals surface area (Å²) in [6.45, 7) is 7.44. The maximum Gasteiger partial charge on any atom is 0.0656 e. The second-order valence-electron chi connectivity index (χ2n) is 5.40. The first-order valence-electron chi connectivity index (χ1n) is 6.53. The zero-order chi connectivity index (χ0) is 12.9. The molecule has 2 unspecified atom stereocenters. The Morgan fingerprint density at radius 1 is 1.35 bits per heavy atom. The largest absolute Gasteiger partial charge is 0.383 e. The summed E-state index contributed by atoms with van der Waals surface area (Å²) in [5.41, 5.74) is 5.87. The van der Waals surface area contributed by atoms with Gasteiger partial charge in [-0.3, -0.25) is 4.90 Å². The molecule has 1 aliphatic carbocycles. The molecule has 102 valence electrons. The predicted molar refractivity (Wildman–Crippen MR) is 70.1 cm³/mol. The number of ether oxygens (including phenoxy) is 2. The number of nitrogens with two attached hydrogens (primary N) is 1. The lowest BCUT2D eigenvalue weighted by Crippen LogP contribution is -2.59. The van der Waals surface area contributed by atoms with Crippen LogP contribution in [0.1, 0.15) is 26.7 Å². The van der Waals surface area contributed by atoms with Crippen LogP contribution in [0.4, 0.5) is 0 Å².